The van der Waals surface area contributed by atoms with Gasteiger partial charge in [-0.25, -0.2) is 8.42 Å². The molecule has 0 aliphatic heterocycles. The Balaban J connectivity index is 2.38. The lowest BCUT2D eigenvalue weighted by Gasteiger charge is -2.18. The number of halogens is 1. The van der Waals surface area contributed by atoms with Gasteiger partial charge in [-0.1, -0.05) is 23.8 Å². The second kappa shape index (κ2) is 5.92. The summed E-state index contributed by atoms with van der Waals surface area (Å²) < 4.78 is 27.0. The Hall–Kier alpha value is -1.15. The summed E-state index contributed by atoms with van der Waals surface area (Å²) in [4.78, 5) is 0.271. The molecule has 2 N–H and O–H groups in total. The SMILES string of the molecule is Cc1cc(S(=O)(=O)N(C)c2ccc(C(N)=S)cc2)sc1Cl. The molecule has 21 heavy (non-hydrogen) atoms. The number of hydrogen-bond acceptors (Lipinski definition) is 4. The minimum absolute atomic E-state index is 0.214. The fourth-order valence-electron chi connectivity index (χ4n) is 1.67. The third kappa shape index (κ3) is 3.21. The van der Waals surface area contributed by atoms with E-state index in [1.165, 1.54) is 11.4 Å². The first-order valence-corrected chi connectivity index (χ1v) is 8.92. The van der Waals surface area contributed by atoms with E-state index in [-0.39, 0.29) is 9.20 Å². The second-order valence-electron chi connectivity index (χ2n) is 4.41. The van der Waals surface area contributed by atoms with Gasteiger partial charge in [-0.2, -0.15) is 0 Å². The normalized spacial score (nSPS) is 11.4. The van der Waals surface area contributed by atoms with Gasteiger partial charge in [0.15, 0.2) is 0 Å². The first-order chi connectivity index (χ1) is 9.73. The highest BCUT2D eigenvalue weighted by atomic mass is 35.5. The van der Waals surface area contributed by atoms with Crippen LogP contribution in [0.5, 0.6) is 0 Å². The van der Waals surface area contributed by atoms with Crippen LogP contribution in [0.15, 0.2) is 34.5 Å². The molecule has 0 unspecified atom stereocenters. The van der Waals surface area contributed by atoms with Crippen LogP contribution in [0.4, 0.5) is 5.69 Å². The number of nitrogens with zero attached hydrogens (tertiary/aromatic N) is 1. The van der Waals surface area contributed by atoms with Crippen LogP contribution in [0, 0.1) is 6.92 Å². The van der Waals surface area contributed by atoms with Crippen LogP contribution in [-0.2, 0) is 10.0 Å². The summed E-state index contributed by atoms with van der Waals surface area (Å²) in [6, 6.07) is 8.27. The topological polar surface area (TPSA) is 63.4 Å². The molecule has 1 aromatic carbocycles. The maximum Gasteiger partial charge on any atom is 0.273 e. The van der Waals surface area contributed by atoms with Crippen LogP contribution >= 0.6 is 35.2 Å². The van der Waals surface area contributed by atoms with Crippen LogP contribution in [-0.4, -0.2) is 20.5 Å². The van der Waals surface area contributed by atoms with E-state index >= 15 is 0 Å². The van der Waals surface area contributed by atoms with E-state index in [9.17, 15) is 8.42 Å². The van der Waals surface area contributed by atoms with Gasteiger partial charge in [0, 0.05) is 12.6 Å². The lowest BCUT2D eigenvalue weighted by atomic mass is 10.2. The second-order valence-corrected chi connectivity index (χ2v) is 8.70. The zero-order valence-electron chi connectivity index (χ0n) is 11.3. The number of sulfonamides is 1. The predicted octanol–water partition coefficient (Wildman–Crippen LogP) is 3.17. The number of nitrogens with two attached hydrogens (primary N) is 1. The van der Waals surface area contributed by atoms with Gasteiger partial charge in [0.1, 0.15) is 9.20 Å². The number of aryl methyl sites for hydroxylation is 1. The van der Waals surface area contributed by atoms with Crippen molar-refractivity contribution >= 4 is 55.9 Å². The van der Waals surface area contributed by atoms with Crippen LogP contribution < -0.4 is 10.0 Å². The Morgan fingerprint density at radius 2 is 1.90 bits per heavy atom. The third-order valence-corrected chi connectivity index (χ3v) is 6.99. The third-order valence-electron chi connectivity index (χ3n) is 2.96. The van der Waals surface area contributed by atoms with Crippen molar-refractivity contribution in [1.82, 2.24) is 0 Å². The molecule has 8 heteroatoms. The largest absolute Gasteiger partial charge is 0.389 e. The Morgan fingerprint density at radius 3 is 2.33 bits per heavy atom. The predicted molar refractivity (Wildman–Crippen MR) is 92.0 cm³/mol. The number of hydrogen-bond donors (Lipinski definition) is 1. The van der Waals surface area contributed by atoms with Crippen molar-refractivity contribution in [2.24, 2.45) is 5.73 Å². The molecule has 0 atom stereocenters. The molecule has 2 aromatic rings. The summed E-state index contributed by atoms with van der Waals surface area (Å²) in [6.45, 7) is 1.77. The van der Waals surface area contributed by atoms with Crippen LogP contribution in [0.2, 0.25) is 4.34 Å². The summed E-state index contributed by atoms with van der Waals surface area (Å²) in [5.74, 6) is 0. The Bertz CT molecular complexity index is 763. The molecule has 0 amide bonds. The number of benzene rings is 1. The summed E-state index contributed by atoms with van der Waals surface area (Å²) in [6.07, 6.45) is 0. The van der Waals surface area contributed by atoms with Gasteiger partial charge in [0.25, 0.3) is 10.0 Å². The molecule has 0 radical (unpaired) electrons. The number of anilines is 1. The summed E-state index contributed by atoms with van der Waals surface area (Å²) in [5.41, 5.74) is 7.48. The van der Waals surface area contributed by atoms with Gasteiger partial charge in [0.05, 0.1) is 10.0 Å². The van der Waals surface area contributed by atoms with E-state index in [1.54, 1.807) is 37.3 Å². The van der Waals surface area contributed by atoms with Crippen molar-refractivity contribution in [3.05, 3.63) is 45.8 Å². The Labute approximate surface area is 138 Å². The van der Waals surface area contributed by atoms with Gasteiger partial charge in [-0.15, -0.1) is 11.3 Å². The van der Waals surface area contributed by atoms with E-state index in [1.807, 2.05) is 0 Å². The Morgan fingerprint density at radius 1 is 1.33 bits per heavy atom. The van der Waals surface area contributed by atoms with Crippen molar-refractivity contribution in [3.8, 4) is 0 Å². The summed E-state index contributed by atoms with van der Waals surface area (Å²) in [7, 11) is -2.13. The van der Waals surface area contributed by atoms with E-state index in [0.29, 0.717) is 15.6 Å². The maximum absolute atomic E-state index is 12.5. The van der Waals surface area contributed by atoms with Crippen molar-refractivity contribution < 1.29 is 8.42 Å². The molecule has 0 fully saturated rings. The molecule has 0 bridgehead atoms. The maximum atomic E-state index is 12.5. The average Bonchev–Trinajstić information content (AvgIpc) is 2.78. The minimum Gasteiger partial charge on any atom is -0.389 e. The van der Waals surface area contributed by atoms with Crippen molar-refractivity contribution in [2.45, 2.75) is 11.1 Å². The van der Waals surface area contributed by atoms with Gasteiger partial charge in [0.2, 0.25) is 0 Å². The minimum atomic E-state index is -3.62. The van der Waals surface area contributed by atoms with Crippen molar-refractivity contribution in [1.29, 1.82) is 0 Å². The molecule has 0 aliphatic rings. The number of thiocarbonyl (C=S) groups is 1. The van der Waals surface area contributed by atoms with Crippen molar-refractivity contribution in [3.63, 3.8) is 0 Å². The molecule has 0 aliphatic carbocycles. The molecule has 112 valence electrons. The molecule has 2 rings (SSSR count). The van der Waals surface area contributed by atoms with Gasteiger partial charge >= 0.3 is 0 Å². The van der Waals surface area contributed by atoms with E-state index in [4.69, 9.17) is 29.6 Å². The van der Waals surface area contributed by atoms with E-state index in [2.05, 4.69) is 0 Å². The smallest absolute Gasteiger partial charge is 0.273 e. The zero-order valence-corrected chi connectivity index (χ0v) is 14.5. The zero-order chi connectivity index (χ0) is 15.8. The standard InChI is InChI=1S/C13H13ClN2O2S3/c1-8-7-11(20-12(8)14)21(17,18)16(2)10-5-3-9(4-6-10)13(15)19/h3-7H,1-2H3,(H2,15,19). The van der Waals surface area contributed by atoms with Crippen LogP contribution in [0.3, 0.4) is 0 Å². The lowest BCUT2D eigenvalue weighted by molar-refractivity contribution is 0.596. The highest BCUT2D eigenvalue weighted by Crippen LogP contribution is 2.33. The fourth-order valence-corrected chi connectivity index (χ4v) is 4.88. The summed E-state index contributed by atoms with van der Waals surface area (Å²) >= 11 is 11.9. The summed E-state index contributed by atoms with van der Waals surface area (Å²) in [5, 5.41) is 0. The van der Waals surface area contributed by atoms with Gasteiger partial charge in [-0.05, 0) is 42.8 Å². The molecule has 0 saturated carbocycles. The molecule has 0 spiro atoms. The first kappa shape index (κ1) is 16.2. The van der Waals surface area contributed by atoms with Crippen molar-refractivity contribution in [2.75, 3.05) is 11.4 Å². The number of rotatable bonds is 4. The lowest BCUT2D eigenvalue weighted by Crippen LogP contribution is -2.25. The highest BCUT2D eigenvalue weighted by molar-refractivity contribution is 7.94. The first-order valence-electron chi connectivity index (χ1n) is 5.88. The molecule has 4 nitrogen and oxygen atoms in total. The van der Waals surface area contributed by atoms with Crippen LogP contribution in [0.25, 0.3) is 0 Å². The number of thiophene rings is 1. The van der Waals surface area contributed by atoms with E-state index < -0.39 is 10.0 Å². The quantitative estimate of drug-likeness (QED) is 0.850. The molecule has 1 heterocycles. The van der Waals surface area contributed by atoms with E-state index in [0.717, 1.165) is 16.9 Å². The van der Waals surface area contributed by atoms with Gasteiger partial charge < -0.3 is 5.73 Å². The monoisotopic (exact) mass is 360 g/mol. The van der Waals surface area contributed by atoms with Crippen LogP contribution in [0.1, 0.15) is 11.1 Å². The fraction of sp³-hybridized carbons (Fsp3) is 0.154. The van der Waals surface area contributed by atoms with Gasteiger partial charge in [-0.3, -0.25) is 4.31 Å². The average molecular weight is 361 g/mol. The highest BCUT2D eigenvalue weighted by Gasteiger charge is 2.24. The molecule has 0 saturated heterocycles. The molecule has 1 aromatic heterocycles. The molecular weight excluding hydrogens is 348 g/mol. The Kier molecular flexibility index (Phi) is 4.57. The molecular formula is C13H13ClN2O2S3.